The summed E-state index contributed by atoms with van der Waals surface area (Å²) in [6.45, 7) is 3.00. The van der Waals surface area contributed by atoms with E-state index in [9.17, 15) is 0 Å². The zero-order chi connectivity index (χ0) is 12.4. The van der Waals surface area contributed by atoms with Gasteiger partial charge in [0.15, 0.2) is 5.82 Å². The Hall–Kier alpha value is -0.650. The van der Waals surface area contributed by atoms with Gasteiger partial charge >= 0.3 is 0 Å². The van der Waals surface area contributed by atoms with E-state index in [1.54, 1.807) is 0 Å². The second kappa shape index (κ2) is 6.68. The predicted molar refractivity (Wildman–Crippen MR) is 75.4 cm³/mol. The van der Waals surface area contributed by atoms with Crippen LogP contribution in [0.5, 0.6) is 0 Å². The minimum atomic E-state index is 0. The number of nitrogens with zero attached hydrogens (tertiary/aromatic N) is 3. The van der Waals surface area contributed by atoms with E-state index in [1.165, 1.54) is 25.7 Å². The van der Waals surface area contributed by atoms with Crippen LogP contribution in [-0.2, 0) is 6.42 Å². The summed E-state index contributed by atoms with van der Waals surface area (Å²) in [6.07, 6.45) is 6.34. The number of aromatic nitrogens is 2. The minimum absolute atomic E-state index is 0. The monoisotopic (exact) mass is 286 g/mol. The van der Waals surface area contributed by atoms with Crippen molar-refractivity contribution < 1.29 is 4.52 Å². The SMILES string of the molecule is CN1CCNCC1c1noc(CC2CCCC2)n1.Cl. The van der Waals surface area contributed by atoms with Crippen molar-refractivity contribution in [2.75, 3.05) is 26.7 Å². The number of halogens is 1. The van der Waals surface area contributed by atoms with Crippen molar-refractivity contribution in [2.24, 2.45) is 5.92 Å². The average molecular weight is 287 g/mol. The number of likely N-dealkylation sites (N-methyl/N-ethyl adjacent to an activating group) is 1. The zero-order valence-corrected chi connectivity index (χ0v) is 12.3. The van der Waals surface area contributed by atoms with E-state index in [0.29, 0.717) is 0 Å². The molecule has 0 aromatic carbocycles. The maximum Gasteiger partial charge on any atom is 0.226 e. The molecule has 2 heterocycles. The molecule has 108 valence electrons. The first kappa shape index (κ1) is 14.8. The molecule has 3 rings (SSSR count). The molecule has 1 aromatic rings. The van der Waals surface area contributed by atoms with Crippen LogP contribution in [0.4, 0.5) is 0 Å². The Morgan fingerprint density at radius 2 is 2.16 bits per heavy atom. The highest BCUT2D eigenvalue weighted by molar-refractivity contribution is 5.85. The Kier molecular flexibility index (Phi) is 5.19. The van der Waals surface area contributed by atoms with Crippen molar-refractivity contribution in [3.05, 3.63) is 11.7 Å². The van der Waals surface area contributed by atoms with E-state index in [4.69, 9.17) is 4.52 Å². The van der Waals surface area contributed by atoms with Crippen LogP contribution in [0.15, 0.2) is 4.52 Å². The van der Waals surface area contributed by atoms with Gasteiger partial charge in [-0.15, -0.1) is 12.4 Å². The van der Waals surface area contributed by atoms with Crippen LogP contribution in [0.1, 0.15) is 43.4 Å². The normalized spacial score (nSPS) is 25.4. The van der Waals surface area contributed by atoms with Crippen molar-refractivity contribution in [1.29, 1.82) is 0 Å². The van der Waals surface area contributed by atoms with E-state index < -0.39 is 0 Å². The smallest absolute Gasteiger partial charge is 0.226 e. The third kappa shape index (κ3) is 3.46. The van der Waals surface area contributed by atoms with Gasteiger partial charge in [-0.3, -0.25) is 4.90 Å². The topological polar surface area (TPSA) is 54.2 Å². The number of hydrogen-bond acceptors (Lipinski definition) is 5. The lowest BCUT2D eigenvalue weighted by molar-refractivity contribution is 0.190. The lowest BCUT2D eigenvalue weighted by Crippen LogP contribution is -2.44. The Morgan fingerprint density at radius 3 is 2.89 bits per heavy atom. The molecule has 0 radical (unpaired) electrons. The summed E-state index contributed by atoms with van der Waals surface area (Å²) in [6, 6.07) is 0.264. The molecule has 1 aliphatic carbocycles. The Balaban J connectivity index is 0.00000133. The van der Waals surface area contributed by atoms with Gasteiger partial charge in [0.1, 0.15) is 0 Å². The maximum absolute atomic E-state index is 5.41. The Bertz CT molecular complexity index is 392. The minimum Gasteiger partial charge on any atom is -0.339 e. The third-order valence-electron chi connectivity index (χ3n) is 4.23. The molecule has 1 unspecified atom stereocenters. The molecule has 1 N–H and O–H groups in total. The van der Waals surface area contributed by atoms with Gasteiger partial charge in [-0.05, 0) is 25.8 Å². The molecule has 1 aliphatic heterocycles. The molecule has 1 atom stereocenters. The van der Waals surface area contributed by atoms with Crippen LogP contribution >= 0.6 is 12.4 Å². The zero-order valence-electron chi connectivity index (χ0n) is 11.5. The molecule has 0 amide bonds. The third-order valence-corrected chi connectivity index (χ3v) is 4.23. The van der Waals surface area contributed by atoms with Crippen LogP contribution in [0, 0.1) is 5.92 Å². The van der Waals surface area contributed by atoms with E-state index in [1.807, 2.05) is 0 Å². The average Bonchev–Trinajstić information content (AvgIpc) is 3.02. The summed E-state index contributed by atoms with van der Waals surface area (Å²) in [7, 11) is 2.12. The number of rotatable bonds is 3. The van der Waals surface area contributed by atoms with Crippen LogP contribution in [0.3, 0.4) is 0 Å². The molecular formula is C13H23ClN4O. The fourth-order valence-electron chi connectivity index (χ4n) is 3.04. The molecule has 1 aromatic heterocycles. The molecule has 1 saturated carbocycles. The van der Waals surface area contributed by atoms with Crippen molar-refractivity contribution in [1.82, 2.24) is 20.4 Å². The summed E-state index contributed by atoms with van der Waals surface area (Å²) >= 11 is 0. The van der Waals surface area contributed by atoms with Gasteiger partial charge in [0.25, 0.3) is 0 Å². The van der Waals surface area contributed by atoms with Crippen molar-refractivity contribution >= 4 is 12.4 Å². The molecule has 0 spiro atoms. The lowest BCUT2D eigenvalue weighted by atomic mass is 10.0. The fourth-order valence-corrected chi connectivity index (χ4v) is 3.04. The summed E-state index contributed by atoms with van der Waals surface area (Å²) in [5.74, 6) is 2.44. The van der Waals surface area contributed by atoms with Gasteiger partial charge in [0.2, 0.25) is 5.89 Å². The van der Waals surface area contributed by atoms with E-state index in [2.05, 4.69) is 27.4 Å². The number of nitrogens with one attached hydrogen (secondary N) is 1. The quantitative estimate of drug-likeness (QED) is 0.918. The van der Waals surface area contributed by atoms with Crippen LogP contribution < -0.4 is 5.32 Å². The molecule has 1 saturated heterocycles. The second-order valence-electron chi connectivity index (χ2n) is 5.60. The highest BCUT2D eigenvalue weighted by Gasteiger charge is 2.26. The largest absolute Gasteiger partial charge is 0.339 e. The first-order valence-corrected chi connectivity index (χ1v) is 7.06. The second-order valence-corrected chi connectivity index (χ2v) is 5.60. The standard InChI is InChI=1S/C13H22N4O.ClH/c1-17-7-6-14-9-11(17)13-15-12(18-16-13)8-10-4-2-3-5-10;/h10-11,14H,2-9H2,1H3;1H. The summed E-state index contributed by atoms with van der Waals surface area (Å²) in [5.41, 5.74) is 0. The molecule has 5 nitrogen and oxygen atoms in total. The van der Waals surface area contributed by atoms with Gasteiger partial charge in [-0.25, -0.2) is 0 Å². The number of piperazine rings is 1. The van der Waals surface area contributed by atoms with Crippen molar-refractivity contribution in [3.63, 3.8) is 0 Å². The molecule has 0 bridgehead atoms. The Labute approximate surface area is 120 Å². The van der Waals surface area contributed by atoms with Crippen LogP contribution in [0.25, 0.3) is 0 Å². The fraction of sp³-hybridized carbons (Fsp3) is 0.846. The maximum atomic E-state index is 5.41. The highest BCUT2D eigenvalue weighted by atomic mass is 35.5. The summed E-state index contributed by atoms with van der Waals surface area (Å²) in [5, 5.41) is 7.55. The van der Waals surface area contributed by atoms with Crippen molar-refractivity contribution in [2.45, 2.75) is 38.1 Å². The first-order valence-electron chi connectivity index (χ1n) is 7.06. The van der Waals surface area contributed by atoms with E-state index in [0.717, 1.165) is 43.7 Å². The van der Waals surface area contributed by atoms with Crippen LogP contribution in [-0.4, -0.2) is 41.7 Å². The molecular weight excluding hydrogens is 264 g/mol. The van der Waals surface area contributed by atoms with Gasteiger partial charge < -0.3 is 9.84 Å². The van der Waals surface area contributed by atoms with Gasteiger partial charge in [0, 0.05) is 26.1 Å². The van der Waals surface area contributed by atoms with E-state index in [-0.39, 0.29) is 18.4 Å². The highest BCUT2D eigenvalue weighted by Crippen LogP contribution is 2.28. The summed E-state index contributed by atoms with van der Waals surface area (Å²) in [4.78, 5) is 6.88. The number of hydrogen-bond donors (Lipinski definition) is 1. The van der Waals surface area contributed by atoms with Gasteiger partial charge in [-0.2, -0.15) is 4.98 Å². The molecule has 19 heavy (non-hydrogen) atoms. The van der Waals surface area contributed by atoms with Gasteiger partial charge in [0.05, 0.1) is 6.04 Å². The first-order chi connectivity index (χ1) is 8.83. The van der Waals surface area contributed by atoms with E-state index >= 15 is 0 Å². The van der Waals surface area contributed by atoms with Crippen LogP contribution in [0.2, 0.25) is 0 Å². The molecule has 2 aliphatic rings. The lowest BCUT2D eigenvalue weighted by Gasteiger charge is -2.30. The van der Waals surface area contributed by atoms with Crippen molar-refractivity contribution in [3.8, 4) is 0 Å². The summed E-state index contributed by atoms with van der Waals surface area (Å²) < 4.78 is 5.41. The molecule has 2 fully saturated rings. The van der Waals surface area contributed by atoms with Gasteiger partial charge in [-0.1, -0.05) is 18.0 Å². The molecule has 6 heteroatoms. The predicted octanol–water partition coefficient (Wildman–Crippen LogP) is 1.80. The Morgan fingerprint density at radius 1 is 1.37 bits per heavy atom.